The Hall–Kier alpha value is -1.99. The molecule has 0 radical (unpaired) electrons. The van der Waals surface area contributed by atoms with Gasteiger partial charge in [0, 0.05) is 23.7 Å². The predicted octanol–water partition coefficient (Wildman–Crippen LogP) is 4.78. The van der Waals surface area contributed by atoms with Crippen LogP contribution in [-0.2, 0) is 11.3 Å². The molecule has 1 unspecified atom stereocenters. The van der Waals surface area contributed by atoms with Gasteiger partial charge in [-0.05, 0) is 70.5 Å². The Kier molecular flexibility index (Phi) is 7.47. The zero-order chi connectivity index (χ0) is 21.8. The molecule has 0 bridgehead atoms. The van der Waals surface area contributed by atoms with Gasteiger partial charge in [0.05, 0.1) is 18.3 Å². The lowest BCUT2D eigenvalue weighted by atomic mass is 10.0. The van der Waals surface area contributed by atoms with Crippen molar-refractivity contribution in [2.24, 2.45) is 5.92 Å². The number of hydrogen-bond acceptors (Lipinski definition) is 5. The van der Waals surface area contributed by atoms with Crippen LogP contribution in [0.25, 0.3) is 0 Å². The first kappa shape index (κ1) is 22.7. The Morgan fingerprint density at radius 3 is 2.43 bits per heavy atom. The number of hydrogen-bond donors (Lipinski definition) is 0. The van der Waals surface area contributed by atoms with Gasteiger partial charge in [-0.3, -0.25) is 9.69 Å². The fourth-order valence-electron chi connectivity index (χ4n) is 3.68. The zero-order valence-electron chi connectivity index (χ0n) is 18.6. The van der Waals surface area contributed by atoms with E-state index in [0.29, 0.717) is 24.2 Å². The maximum atomic E-state index is 13.6. The highest BCUT2D eigenvalue weighted by Crippen LogP contribution is 2.33. The van der Waals surface area contributed by atoms with Crippen molar-refractivity contribution in [1.29, 1.82) is 0 Å². The van der Waals surface area contributed by atoms with E-state index < -0.39 is 0 Å². The first-order valence-corrected chi connectivity index (χ1v) is 11.6. The van der Waals surface area contributed by atoms with E-state index in [-0.39, 0.29) is 17.8 Å². The van der Waals surface area contributed by atoms with Gasteiger partial charge in [-0.2, -0.15) is 0 Å². The fraction of sp³-hybridized carbons (Fsp3) is 0.565. The number of anilines is 2. The molecule has 0 N–H and O–H groups in total. The number of nitrogens with zero attached hydrogens (tertiary/aromatic N) is 4. The second-order valence-electron chi connectivity index (χ2n) is 8.65. The van der Waals surface area contributed by atoms with Crippen molar-refractivity contribution < 1.29 is 9.18 Å². The Morgan fingerprint density at radius 2 is 1.90 bits per heavy atom. The molecule has 2 aromatic rings. The molecule has 1 aliphatic carbocycles. The summed E-state index contributed by atoms with van der Waals surface area (Å²) in [6.45, 7) is 7.72. The van der Waals surface area contributed by atoms with Crippen molar-refractivity contribution in [3.05, 3.63) is 41.2 Å². The van der Waals surface area contributed by atoms with E-state index in [1.54, 1.807) is 28.4 Å². The third-order valence-corrected chi connectivity index (χ3v) is 6.37. The standard InChI is InChI=1S/C23H33FN4OS/c1-6-27(19-11-12-19)23-25-18(15-30-23)14-28(20-9-7-17(24)8-10-20)22(29)21(26(4)5)13-16(2)3/h7-10,15-16,19,21H,6,11-14H2,1-5H3. The van der Waals surface area contributed by atoms with E-state index in [2.05, 4.69) is 25.7 Å². The minimum Gasteiger partial charge on any atom is -0.345 e. The molecule has 164 valence electrons. The fourth-order valence-corrected chi connectivity index (χ4v) is 4.63. The SMILES string of the molecule is CCN(c1nc(CN(C(=O)C(CC(C)C)N(C)C)c2ccc(F)cc2)cs1)C1CC1. The van der Waals surface area contributed by atoms with Crippen molar-refractivity contribution in [2.45, 2.75) is 58.7 Å². The molecule has 1 fully saturated rings. The Labute approximate surface area is 183 Å². The number of aromatic nitrogens is 1. The molecular weight excluding hydrogens is 399 g/mol. The van der Waals surface area contributed by atoms with Gasteiger partial charge in [-0.15, -0.1) is 11.3 Å². The highest BCUT2D eigenvalue weighted by Gasteiger charge is 2.31. The highest BCUT2D eigenvalue weighted by molar-refractivity contribution is 7.13. The summed E-state index contributed by atoms with van der Waals surface area (Å²) in [4.78, 5) is 24.5. The van der Waals surface area contributed by atoms with Gasteiger partial charge in [0.1, 0.15) is 5.82 Å². The number of likely N-dealkylation sites (N-methyl/N-ethyl adjacent to an activating group) is 1. The van der Waals surface area contributed by atoms with E-state index >= 15 is 0 Å². The molecule has 1 amide bonds. The molecule has 7 heteroatoms. The van der Waals surface area contributed by atoms with Crippen molar-refractivity contribution in [3.8, 4) is 0 Å². The molecule has 5 nitrogen and oxygen atoms in total. The Balaban J connectivity index is 1.87. The molecule has 1 aliphatic rings. The topological polar surface area (TPSA) is 39.7 Å². The molecule has 0 saturated heterocycles. The zero-order valence-corrected chi connectivity index (χ0v) is 19.5. The smallest absolute Gasteiger partial charge is 0.244 e. The van der Waals surface area contributed by atoms with Gasteiger partial charge >= 0.3 is 0 Å². The van der Waals surface area contributed by atoms with Crippen LogP contribution < -0.4 is 9.80 Å². The number of rotatable bonds is 10. The summed E-state index contributed by atoms with van der Waals surface area (Å²) in [5.74, 6) is 0.0970. The summed E-state index contributed by atoms with van der Waals surface area (Å²) in [5, 5.41) is 3.06. The van der Waals surface area contributed by atoms with Crippen LogP contribution in [-0.4, -0.2) is 48.5 Å². The third-order valence-electron chi connectivity index (χ3n) is 5.44. The quantitative estimate of drug-likeness (QED) is 0.542. The maximum Gasteiger partial charge on any atom is 0.244 e. The van der Waals surface area contributed by atoms with Crippen molar-refractivity contribution in [3.63, 3.8) is 0 Å². The Morgan fingerprint density at radius 1 is 1.23 bits per heavy atom. The van der Waals surface area contributed by atoms with Crippen molar-refractivity contribution in [2.75, 3.05) is 30.4 Å². The third kappa shape index (κ3) is 5.58. The maximum absolute atomic E-state index is 13.6. The van der Waals surface area contributed by atoms with Crippen molar-refractivity contribution >= 4 is 28.1 Å². The molecular formula is C23H33FN4OS. The highest BCUT2D eigenvalue weighted by atomic mass is 32.1. The van der Waals surface area contributed by atoms with Gasteiger partial charge in [0.2, 0.25) is 5.91 Å². The van der Waals surface area contributed by atoms with Gasteiger partial charge < -0.3 is 9.80 Å². The first-order valence-electron chi connectivity index (χ1n) is 10.7. The number of amides is 1. The van der Waals surface area contributed by atoms with E-state index in [1.807, 2.05) is 24.4 Å². The molecule has 3 rings (SSSR count). The van der Waals surface area contributed by atoms with Crippen LogP contribution in [0, 0.1) is 11.7 Å². The Bertz CT molecular complexity index is 832. The van der Waals surface area contributed by atoms with E-state index in [1.165, 1.54) is 25.0 Å². The van der Waals surface area contributed by atoms with Gasteiger partial charge in [-0.25, -0.2) is 9.37 Å². The number of carbonyl (C=O) groups excluding carboxylic acids is 1. The van der Waals surface area contributed by atoms with Crippen LogP contribution in [0.5, 0.6) is 0 Å². The lowest BCUT2D eigenvalue weighted by Crippen LogP contribution is -2.46. The number of carbonyl (C=O) groups is 1. The van der Waals surface area contributed by atoms with Gasteiger partial charge in [-0.1, -0.05) is 13.8 Å². The van der Waals surface area contributed by atoms with Crippen LogP contribution in [0.15, 0.2) is 29.6 Å². The second-order valence-corrected chi connectivity index (χ2v) is 9.48. The number of thiazole rings is 1. The van der Waals surface area contributed by atoms with E-state index in [0.717, 1.165) is 23.8 Å². The first-order chi connectivity index (χ1) is 14.3. The summed E-state index contributed by atoms with van der Waals surface area (Å²) in [7, 11) is 3.87. The van der Waals surface area contributed by atoms with Crippen LogP contribution >= 0.6 is 11.3 Å². The molecule has 1 atom stereocenters. The lowest BCUT2D eigenvalue weighted by Gasteiger charge is -2.31. The van der Waals surface area contributed by atoms with Crippen LogP contribution in [0.1, 0.15) is 45.7 Å². The van der Waals surface area contributed by atoms with Crippen LogP contribution in [0.2, 0.25) is 0 Å². The summed E-state index contributed by atoms with van der Waals surface area (Å²) >= 11 is 1.63. The largest absolute Gasteiger partial charge is 0.345 e. The molecule has 0 aliphatic heterocycles. The van der Waals surface area contributed by atoms with Gasteiger partial charge in [0.25, 0.3) is 0 Å². The normalized spacial score (nSPS) is 14.9. The second kappa shape index (κ2) is 9.88. The lowest BCUT2D eigenvalue weighted by molar-refractivity contribution is -0.123. The summed E-state index contributed by atoms with van der Waals surface area (Å²) in [5.41, 5.74) is 1.56. The van der Waals surface area contributed by atoms with Gasteiger partial charge in [0.15, 0.2) is 5.13 Å². The molecule has 1 heterocycles. The minimum absolute atomic E-state index is 0.0180. The number of benzene rings is 1. The van der Waals surface area contributed by atoms with Crippen molar-refractivity contribution in [1.82, 2.24) is 9.88 Å². The summed E-state index contributed by atoms with van der Waals surface area (Å²) in [6.07, 6.45) is 3.21. The van der Waals surface area contributed by atoms with E-state index in [9.17, 15) is 9.18 Å². The van der Waals surface area contributed by atoms with E-state index in [4.69, 9.17) is 4.98 Å². The molecule has 0 spiro atoms. The van der Waals surface area contributed by atoms with Crippen LogP contribution in [0.4, 0.5) is 15.2 Å². The summed E-state index contributed by atoms with van der Waals surface area (Å²) in [6, 6.07) is 6.51. The molecule has 30 heavy (non-hydrogen) atoms. The number of halogens is 1. The average molecular weight is 433 g/mol. The molecule has 1 saturated carbocycles. The van der Waals surface area contributed by atoms with Crippen LogP contribution in [0.3, 0.4) is 0 Å². The molecule has 1 aromatic carbocycles. The molecule has 1 aromatic heterocycles. The average Bonchev–Trinajstić information content (AvgIpc) is 3.43. The minimum atomic E-state index is -0.309. The predicted molar refractivity (Wildman–Crippen MR) is 123 cm³/mol. The monoisotopic (exact) mass is 432 g/mol. The summed E-state index contributed by atoms with van der Waals surface area (Å²) < 4.78 is 13.5.